The number of nitrogens with zero attached hydrogens (tertiary/aromatic N) is 1. The molecule has 0 saturated carbocycles. The van der Waals surface area contributed by atoms with Crippen molar-refractivity contribution in [2.75, 3.05) is 25.2 Å². The molecule has 0 bridgehead atoms. The maximum absolute atomic E-state index is 11.9. The van der Waals surface area contributed by atoms with Crippen molar-refractivity contribution in [3.63, 3.8) is 0 Å². The number of amides is 2. The van der Waals surface area contributed by atoms with Crippen LogP contribution >= 0.6 is 0 Å². The number of hydrogen-bond donors (Lipinski definition) is 4. The maximum Gasteiger partial charge on any atom is 0.251 e. The van der Waals surface area contributed by atoms with Gasteiger partial charge in [0.25, 0.3) is 5.91 Å². The highest BCUT2D eigenvalue weighted by atomic mass is 16.5. The number of nitrogens with two attached hydrogens (primary N) is 2. The summed E-state index contributed by atoms with van der Waals surface area (Å²) in [4.78, 5) is 26.6. The summed E-state index contributed by atoms with van der Waals surface area (Å²) >= 11 is 0. The second-order valence-electron chi connectivity index (χ2n) is 4.01. The quantitative estimate of drug-likeness (QED) is 0.279. The smallest absolute Gasteiger partial charge is 0.251 e. The Balaban J connectivity index is 2.52. The van der Waals surface area contributed by atoms with E-state index in [9.17, 15) is 9.59 Å². The highest BCUT2D eigenvalue weighted by Crippen LogP contribution is 2.10. The second-order valence-corrected chi connectivity index (χ2v) is 4.01. The van der Waals surface area contributed by atoms with E-state index in [-0.39, 0.29) is 25.7 Å². The third kappa shape index (κ3) is 5.21. The molecule has 0 aliphatic rings. The Morgan fingerprint density at radius 1 is 1.40 bits per heavy atom. The zero-order valence-corrected chi connectivity index (χ0v) is 11.3. The van der Waals surface area contributed by atoms with Gasteiger partial charge in [0.05, 0.1) is 6.61 Å². The minimum absolute atomic E-state index is 0.160. The summed E-state index contributed by atoms with van der Waals surface area (Å²) in [5, 5.41) is 2.66. The summed E-state index contributed by atoms with van der Waals surface area (Å²) in [7, 11) is 0. The fraction of sp³-hybridized carbons (Fsp3) is 0.417. The van der Waals surface area contributed by atoms with E-state index < -0.39 is 5.91 Å². The molecule has 110 valence electrons. The van der Waals surface area contributed by atoms with E-state index in [1.54, 1.807) is 12.1 Å². The number of hydrazine groups is 1. The van der Waals surface area contributed by atoms with Gasteiger partial charge in [0.2, 0.25) is 5.91 Å². The molecular formula is C12H19N5O3. The number of primary amides is 1. The lowest BCUT2D eigenvalue weighted by atomic mass is 10.2. The molecule has 1 heterocycles. The van der Waals surface area contributed by atoms with Crippen LogP contribution in [0, 0.1) is 0 Å². The molecule has 0 unspecified atom stereocenters. The van der Waals surface area contributed by atoms with Crippen LogP contribution in [-0.2, 0) is 16.0 Å². The van der Waals surface area contributed by atoms with E-state index in [4.69, 9.17) is 16.3 Å². The monoisotopic (exact) mass is 281 g/mol. The van der Waals surface area contributed by atoms with Crippen molar-refractivity contribution in [2.24, 2.45) is 11.6 Å². The number of pyridine rings is 1. The first-order valence-electron chi connectivity index (χ1n) is 6.18. The number of anilines is 1. The van der Waals surface area contributed by atoms with Crippen molar-refractivity contribution in [3.8, 4) is 0 Å². The van der Waals surface area contributed by atoms with Crippen LogP contribution in [0.5, 0.6) is 0 Å². The Bertz CT molecular complexity index is 456. The van der Waals surface area contributed by atoms with Gasteiger partial charge in [0.15, 0.2) is 0 Å². The standard InChI is InChI=1S/C12H19N5O3/c1-2-9-5-8(6-11(16-9)17-14)12(19)15-3-4-20-7-10(13)18/h5-6H,2-4,7,14H2,1H3,(H2,13,18)(H,15,19)(H,16,17). The third-order valence-electron chi connectivity index (χ3n) is 2.43. The third-order valence-corrected chi connectivity index (χ3v) is 2.43. The number of aryl methyl sites for hydroxylation is 1. The normalized spacial score (nSPS) is 10.1. The maximum atomic E-state index is 11.9. The largest absolute Gasteiger partial charge is 0.370 e. The summed E-state index contributed by atoms with van der Waals surface area (Å²) < 4.78 is 4.94. The van der Waals surface area contributed by atoms with E-state index in [0.717, 1.165) is 5.69 Å². The lowest BCUT2D eigenvalue weighted by Crippen LogP contribution is -2.29. The summed E-state index contributed by atoms with van der Waals surface area (Å²) in [6, 6.07) is 3.25. The summed E-state index contributed by atoms with van der Waals surface area (Å²) in [6.07, 6.45) is 0.692. The Hall–Kier alpha value is -2.19. The lowest BCUT2D eigenvalue weighted by Gasteiger charge is -2.08. The Morgan fingerprint density at radius 2 is 2.15 bits per heavy atom. The first kappa shape index (κ1) is 15.9. The molecule has 0 aromatic carbocycles. The van der Waals surface area contributed by atoms with E-state index >= 15 is 0 Å². The average molecular weight is 281 g/mol. The molecule has 8 nitrogen and oxygen atoms in total. The van der Waals surface area contributed by atoms with Gasteiger partial charge in [-0.15, -0.1) is 0 Å². The zero-order chi connectivity index (χ0) is 15.0. The number of nitrogens with one attached hydrogen (secondary N) is 2. The number of carbonyl (C=O) groups is 2. The Kier molecular flexibility index (Phi) is 6.41. The molecule has 1 rings (SSSR count). The summed E-state index contributed by atoms with van der Waals surface area (Å²) in [5.41, 5.74) is 8.55. The van der Waals surface area contributed by atoms with Crippen molar-refractivity contribution < 1.29 is 14.3 Å². The van der Waals surface area contributed by atoms with Gasteiger partial charge in [-0.1, -0.05) is 6.92 Å². The molecule has 0 radical (unpaired) electrons. The fourth-order valence-corrected chi connectivity index (χ4v) is 1.49. The number of hydrogen-bond acceptors (Lipinski definition) is 6. The first-order chi connectivity index (χ1) is 9.56. The minimum atomic E-state index is -0.545. The molecular weight excluding hydrogens is 262 g/mol. The fourth-order valence-electron chi connectivity index (χ4n) is 1.49. The Labute approximate surface area is 116 Å². The highest BCUT2D eigenvalue weighted by Gasteiger charge is 2.08. The van der Waals surface area contributed by atoms with E-state index in [1.165, 1.54) is 0 Å². The van der Waals surface area contributed by atoms with Crippen LogP contribution in [0.3, 0.4) is 0 Å². The van der Waals surface area contributed by atoms with E-state index in [0.29, 0.717) is 17.8 Å². The number of rotatable bonds is 8. The van der Waals surface area contributed by atoms with Crippen molar-refractivity contribution in [1.82, 2.24) is 10.3 Å². The van der Waals surface area contributed by atoms with Gasteiger partial charge in [-0.25, -0.2) is 10.8 Å². The highest BCUT2D eigenvalue weighted by molar-refractivity contribution is 5.95. The SMILES string of the molecule is CCc1cc(C(=O)NCCOCC(N)=O)cc(NN)n1. The molecule has 0 atom stereocenters. The van der Waals surface area contributed by atoms with Gasteiger partial charge < -0.3 is 21.2 Å². The van der Waals surface area contributed by atoms with Crippen LogP contribution in [0.2, 0.25) is 0 Å². The molecule has 2 amide bonds. The molecule has 20 heavy (non-hydrogen) atoms. The average Bonchev–Trinajstić information content (AvgIpc) is 2.45. The number of nitrogen functional groups attached to an aromatic ring is 1. The number of ether oxygens (including phenoxy) is 1. The molecule has 0 aliphatic heterocycles. The van der Waals surface area contributed by atoms with Crippen LogP contribution in [0.25, 0.3) is 0 Å². The summed E-state index contributed by atoms with van der Waals surface area (Å²) in [6.45, 7) is 2.26. The Morgan fingerprint density at radius 3 is 2.75 bits per heavy atom. The van der Waals surface area contributed by atoms with Crippen molar-refractivity contribution in [3.05, 3.63) is 23.4 Å². The second kappa shape index (κ2) is 8.08. The first-order valence-corrected chi connectivity index (χ1v) is 6.18. The molecule has 1 aromatic heterocycles. The van der Waals surface area contributed by atoms with Crippen LogP contribution in [0.15, 0.2) is 12.1 Å². The van der Waals surface area contributed by atoms with Crippen LogP contribution in [-0.4, -0.2) is 36.6 Å². The van der Waals surface area contributed by atoms with E-state index in [1.807, 2.05) is 6.92 Å². The van der Waals surface area contributed by atoms with Gasteiger partial charge in [-0.2, -0.15) is 0 Å². The number of aromatic nitrogens is 1. The molecule has 0 saturated heterocycles. The van der Waals surface area contributed by atoms with E-state index in [2.05, 4.69) is 15.7 Å². The van der Waals surface area contributed by atoms with Gasteiger partial charge in [0, 0.05) is 17.8 Å². The molecule has 0 spiro atoms. The van der Waals surface area contributed by atoms with Gasteiger partial charge in [-0.3, -0.25) is 9.59 Å². The van der Waals surface area contributed by atoms with Crippen LogP contribution in [0.4, 0.5) is 5.82 Å². The topological polar surface area (TPSA) is 132 Å². The summed E-state index contributed by atoms with van der Waals surface area (Å²) in [5.74, 6) is 4.93. The lowest BCUT2D eigenvalue weighted by molar-refractivity contribution is -0.122. The zero-order valence-electron chi connectivity index (χ0n) is 11.3. The molecule has 6 N–H and O–H groups in total. The van der Waals surface area contributed by atoms with Crippen LogP contribution < -0.4 is 22.3 Å². The number of carbonyl (C=O) groups excluding carboxylic acids is 2. The minimum Gasteiger partial charge on any atom is -0.370 e. The predicted octanol–water partition coefficient (Wildman–Crippen LogP) is -0.839. The van der Waals surface area contributed by atoms with Crippen LogP contribution in [0.1, 0.15) is 23.0 Å². The molecule has 0 aliphatic carbocycles. The van der Waals surface area contributed by atoms with Gasteiger partial charge in [0.1, 0.15) is 12.4 Å². The van der Waals surface area contributed by atoms with Crippen molar-refractivity contribution >= 4 is 17.6 Å². The predicted molar refractivity (Wildman–Crippen MR) is 73.8 cm³/mol. The molecule has 8 heteroatoms. The van der Waals surface area contributed by atoms with Gasteiger partial charge in [-0.05, 0) is 18.6 Å². The van der Waals surface area contributed by atoms with Gasteiger partial charge >= 0.3 is 0 Å². The molecule has 1 aromatic rings. The van der Waals surface area contributed by atoms with Crippen molar-refractivity contribution in [2.45, 2.75) is 13.3 Å². The molecule has 0 fully saturated rings. The van der Waals surface area contributed by atoms with Crippen molar-refractivity contribution in [1.29, 1.82) is 0 Å².